The van der Waals surface area contributed by atoms with Gasteiger partial charge in [-0.25, -0.2) is 4.39 Å². The molecule has 0 amide bonds. The van der Waals surface area contributed by atoms with Crippen LogP contribution in [0.1, 0.15) is 0 Å². The van der Waals surface area contributed by atoms with E-state index in [0.29, 0.717) is 16.9 Å². The van der Waals surface area contributed by atoms with E-state index in [1.807, 2.05) is 102 Å². The first-order valence-electron chi connectivity index (χ1n) is 23.4. The Balaban J connectivity index is 1.15. The van der Waals surface area contributed by atoms with Crippen molar-refractivity contribution in [3.05, 3.63) is 252 Å². The summed E-state index contributed by atoms with van der Waals surface area (Å²) >= 11 is 0. The van der Waals surface area contributed by atoms with E-state index in [1.54, 1.807) is 6.07 Å². The first-order valence-corrected chi connectivity index (χ1v) is 23.4. The molecule has 0 saturated heterocycles. The molecule has 71 heavy (non-hydrogen) atoms. The molecule has 10 aromatic carbocycles. The Kier molecular flexibility index (Phi) is 12.0. The Morgan fingerprint density at radius 3 is 1.83 bits per heavy atom. The average Bonchev–Trinajstić information content (AvgIpc) is 3.43. The van der Waals surface area contributed by atoms with Crippen molar-refractivity contribution in [1.82, 2.24) is 0 Å². The number of nitrogens with zero attached hydrogens (tertiary/aromatic N) is 3. The van der Waals surface area contributed by atoms with Crippen molar-refractivity contribution >= 4 is 98.4 Å². The minimum atomic E-state index is -0.460. The molecule has 0 fully saturated rings. The van der Waals surface area contributed by atoms with Crippen LogP contribution < -0.4 is 14.7 Å². The van der Waals surface area contributed by atoms with Gasteiger partial charge in [0.1, 0.15) is 37.2 Å². The van der Waals surface area contributed by atoms with Crippen LogP contribution in [0.4, 0.5) is 49.9 Å². The van der Waals surface area contributed by atoms with Crippen molar-refractivity contribution in [2.75, 3.05) is 21.2 Å². The van der Waals surface area contributed by atoms with Crippen molar-refractivity contribution in [1.29, 1.82) is 0 Å². The van der Waals surface area contributed by atoms with Crippen LogP contribution in [-0.4, -0.2) is 37.9 Å². The van der Waals surface area contributed by atoms with Crippen molar-refractivity contribution in [2.45, 2.75) is 0 Å². The molecule has 0 saturated carbocycles. The van der Waals surface area contributed by atoms with Gasteiger partial charge in [-0.05, 0) is 94.4 Å². The number of anilines is 8. The van der Waals surface area contributed by atoms with Crippen LogP contribution in [0, 0.1) is 18.2 Å². The second-order valence-corrected chi connectivity index (χ2v) is 17.5. The van der Waals surface area contributed by atoms with E-state index >= 15 is 4.39 Å². The first-order chi connectivity index (χ1) is 34.8. The molecule has 0 aliphatic carbocycles. The summed E-state index contributed by atoms with van der Waals surface area (Å²) in [5, 5.41) is 4.47. The van der Waals surface area contributed by atoms with E-state index in [-0.39, 0.29) is 28.4 Å². The minimum Gasteiger partial charge on any atom is -0.335 e. The van der Waals surface area contributed by atoms with Crippen molar-refractivity contribution in [3.63, 3.8) is 0 Å². The lowest BCUT2D eigenvalue weighted by Crippen LogP contribution is -2.24. The summed E-state index contributed by atoms with van der Waals surface area (Å²) < 4.78 is 17.7. The number of hydrogen-bond donors (Lipinski definition) is 0. The number of rotatable bonds is 11. The zero-order valence-corrected chi connectivity index (χ0v) is 38.7. The molecule has 1 heterocycles. The lowest BCUT2D eigenvalue weighted by atomic mass is 9.66. The van der Waals surface area contributed by atoms with Gasteiger partial charge in [0, 0.05) is 50.9 Å². The van der Waals surface area contributed by atoms with Gasteiger partial charge in [-0.15, -0.1) is 22.8 Å². The van der Waals surface area contributed by atoms with E-state index in [0.717, 1.165) is 83.5 Å². The van der Waals surface area contributed by atoms with Gasteiger partial charge in [-0.2, -0.15) is 0 Å². The highest BCUT2D eigenvalue weighted by Gasteiger charge is 2.31. The molecule has 0 N–H and O–H groups in total. The third-order valence-electron chi connectivity index (χ3n) is 13.3. The molecular formula is C63H40B4FN3. The van der Waals surface area contributed by atoms with Crippen LogP contribution in [-0.2, 0) is 0 Å². The highest BCUT2D eigenvalue weighted by molar-refractivity contribution is 6.44. The van der Waals surface area contributed by atoms with Gasteiger partial charge in [0.2, 0.25) is 0 Å². The van der Waals surface area contributed by atoms with E-state index in [4.69, 9.17) is 37.8 Å². The van der Waals surface area contributed by atoms with Gasteiger partial charge >= 0.3 is 0 Å². The van der Waals surface area contributed by atoms with Gasteiger partial charge in [-0.1, -0.05) is 169 Å². The normalized spacial score (nSPS) is 12.4. The van der Waals surface area contributed by atoms with Crippen LogP contribution in [0.25, 0.3) is 54.9 Å². The van der Waals surface area contributed by atoms with Crippen LogP contribution in [0.3, 0.4) is 0 Å². The summed E-state index contributed by atoms with van der Waals surface area (Å²) in [5.74, 6) is 1.90. The lowest BCUT2D eigenvalue weighted by Gasteiger charge is -2.37. The number of benzene rings is 10. The molecule has 1 aliphatic rings. The Bertz CT molecular complexity index is 3750. The molecule has 3 nitrogen and oxygen atoms in total. The van der Waals surface area contributed by atoms with Gasteiger partial charge in [-0.3, -0.25) is 0 Å². The van der Waals surface area contributed by atoms with E-state index in [9.17, 15) is 0 Å². The fourth-order valence-corrected chi connectivity index (χ4v) is 9.91. The standard InChI is InChI=1S/C63H40B4FN3/c1-2-53(64)61(66)62(67)54(65)40-69(63-52(43-21-9-4-10-22-43)37-44(38-55(63)68)41-19-7-3-8-20-41)47-33-34-49-50-35-36-57(51-30-18-32-58(60(50)51)71(59(49)39-47)46-27-13-6-14-28-46)70(45-25-11-5-12-26-45)56-31-17-24-42-23-15-16-29-48(42)56/h1,3-39H,40H2/b61-53-,62-54-. The molecule has 11 rings (SSSR count). The summed E-state index contributed by atoms with van der Waals surface area (Å²) in [6.07, 6.45) is 5.64. The van der Waals surface area contributed by atoms with Crippen molar-refractivity contribution < 1.29 is 4.39 Å². The van der Waals surface area contributed by atoms with Gasteiger partial charge < -0.3 is 14.7 Å². The number of allylic oxidation sites excluding steroid dienone is 3. The predicted octanol–water partition coefficient (Wildman–Crippen LogP) is 15.3. The average molecular weight is 901 g/mol. The topological polar surface area (TPSA) is 9.72 Å². The summed E-state index contributed by atoms with van der Waals surface area (Å²) in [6, 6.07) is 76.1. The molecule has 0 spiro atoms. The Hall–Kier alpha value is -8.65. The number of hydrogen-bond acceptors (Lipinski definition) is 3. The molecule has 0 aromatic heterocycles. The number of terminal acetylenes is 1. The van der Waals surface area contributed by atoms with Gasteiger partial charge in [0.15, 0.2) is 0 Å². The Labute approximate surface area is 419 Å². The SMILES string of the molecule is [B]/C(C#C)=C([B])/C([B])=C(/[B])CN(c1ccc2c(c1)N(c1ccccc1)c1cccc3c(N(c4ccccc4)c4cccc5ccccc45)ccc-2c13)c1c(F)cc(-c2ccccc2)cc1-c1ccccc1. The molecular weight excluding hydrogens is 861 g/mol. The van der Waals surface area contributed by atoms with E-state index in [1.165, 1.54) is 0 Å². The molecule has 1 aliphatic heterocycles. The second kappa shape index (κ2) is 19.0. The molecule has 10 aromatic rings. The lowest BCUT2D eigenvalue weighted by molar-refractivity contribution is 0.627. The molecule has 0 atom stereocenters. The van der Waals surface area contributed by atoms with E-state index in [2.05, 4.69) is 137 Å². The molecule has 0 bridgehead atoms. The second-order valence-electron chi connectivity index (χ2n) is 17.5. The largest absolute Gasteiger partial charge is 0.335 e. The van der Waals surface area contributed by atoms with Gasteiger partial charge in [0.25, 0.3) is 0 Å². The first kappa shape index (κ1) is 44.8. The maximum absolute atomic E-state index is 17.7. The van der Waals surface area contributed by atoms with Crippen molar-refractivity contribution in [2.24, 2.45) is 0 Å². The highest BCUT2D eigenvalue weighted by atomic mass is 19.1. The highest BCUT2D eigenvalue weighted by Crippen LogP contribution is 2.55. The fraction of sp³-hybridized carbons (Fsp3) is 0.0159. The van der Waals surface area contributed by atoms with Crippen LogP contribution >= 0.6 is 0 Å². The zero-order valence-electron chi connectivity index (χ0n) is 38.7. The van der Waals surface area contributed by atoms with Crippen LogP contribution in [0.5, 0.6) is 0 Å². The summed E-state index contributed by atoms with van der Waals surface area (Å²) in [7, 11) is 26.0. The minimum absolute atomic E-state index is 0.0151. The van der Waals surface area contributed by atoms with Crippen LogP contribution in [0.2, 0.25) is 0 Å². The molecule has 0 unspecified atom stereocenters. The zero-order chi connectivity index (χ0) is 48.6. The van der Waals surface area contributed by atoms with Crippen LogP contribution in [0.15, 0.2) is 246 Å². The van der Waals surface area contributed by atoms with Crippen molar-refractivity contribution in [3.8, 4) is 45.7 Å². The Morgan fingerprint density at radius 2 is 1.10 bits per heavy atom. The number of halogens is 1. The summed E-state index contributed by atoms with van der Waals surface area (Å²) in [6.45, 7) is -0.0744. The molecule has 326 valence electrons. The summed E-state index contributed by atoms with van der Waals surface area (Å²) in [5.41, 5.74) is 12.1. The number of para-hydroxylation sites is 2. The fourth-order valence-electron chi connectivity index (χ4n) is 9.91. The predicted molar refractivity (Wildman–Crippen MR) is 300 cm³/mol. The monoisotopic (exact) mass is 901 g/mol. The molecule has 8 radical (unpaired) electrons. The third kappa shape index (κ3) is 8.20. The third-order valence-corrected chi connectivity index (χ3v) is 13.3. The van der Waals surface area contributed by atoms with Gasteiger partial charge in [0.05, 0.1) is 28.4 Å². The molecule has 8 heteroatoms. The Morgan fingerprint density at radius 1 is 0.493 bits per heavy atom. The number of fused-ring (bicyclic) bond motifs is 3. The summed E-state index contributed by atoms with van der Waals surface area (Å²) in [4.78, 5) is 6.51. The maximum atomic E-state index is 17.7. The maximum Gasteiger partial charge on any atom is 0.148 e. The van der Waals surface area contributed by atoms with E-state index < -0.39 is 5.82 Å². The smallest absolute Gasteiger partial charge is 0.148 e. The quantitative estimate of drug-likeness (QED) is 0.0727.